The number of thiophene rings is 1. The third kappa shape index (κ3) is 3.21. The second-order valence-electron chi connectivity index (χ2n) is 4.75. The Labute approximate surface area is 117 Å². The Morgan fingerprint density at radius 2 is 2.16 bits per heavy atom. The van der Waals surface area contributed by atoms with Gasteiger partial charge in [-0.15, -0.1) is 11.3 Å². The van der Waals surface area contributed by atoms with Gasteiger partial charge in [0, 0.05) is 16.6 Å². The maximum absolute atomic E-state index is 5.35. The van der Waals surface area contributed by atoms with Gasteiger partial charge in [0.15, 0.2) is 0 Å². The molecule has 4 N–H and O–H groups in total. The van der Waals surface area contributed by atoms with Crippen LogP contribution in [0.3, 0.4) is 0 Å². The molecule has 0 aliphatic carbocycles. The Hall–Kier alpha value is -1.66. The zero-order valence-electron chi connectivity index (χ0n) is 11.3. The van der Waals surface area contributed by atoms with Crippen LogP contribution < -0.4 is 16.6 Å². The van der Waals surface area contributed by atoms with Gasteiger partial charge in [-0.2, -0.15) is 4.98 Å². The van der Waals surface area contributed by atoms with E-state index in [1.165, 1.54) is 4.88 Å². The van der Waals surface area contributed by atoms with Crippen molar-refractivity contribution in [2.75, 3.05) is 10.7 Å². The molecule has 102 valence electrons. The zero-order valence-corrected chi connectivity index (χ0v) is 12.2. The van der Waals surface area contributed by atoms with E-state index >= 15 is 0 Å². The van der Waals surface area contributed by atoms with E-state index in [0.717, 1.165) is 11.4 Å². The van der Waals surface area contributed by atoms with Gasteiger partial charge >= 0.3 is 0 Å². The van der Waals surface area contributed by atoms with Gasteiger partial charge in [0.25, 0.3) is 0 Å². The summed E-state index contributed by atoms with van der Waals surface area (Å²) in [5.74, 6) is 7.05. The summed E-state index contributed by atoms with van der Waals surface area (Å²) in [6.07, 6.45) is 1.76. The number of nitrogen functional groups attached to an aromatic ring is 1. The summed E-state index contributed by atoms with van der Waals surface area (Å²) in [6, 6.07) is 4.44. The van der Waals surface area contributed by atoms with Crippen LogP contribution in [0.15, 0.2) is 23.7 Å². The van der Waals surface area contributed by atoms with Gasteiger partial charge in [-0.05, 0) is 24.3 Å². The first-order valence-electron chi connectivity index (χ1n) is 6.22. The van der Waals surface area contributed by atoms with Gasteiger partial charge < -0.3 is 5.32 Å². The molecule has 19 heavy (non-hydrogen) atoms. The summed E-state index contributed by atoms with van der Waals surface area (Å²) in [5.41, 5.74) is 3.47. The van der Waals surface area contributed by atoms with E-state index in [2.05, 4.69) is 52.1 Å². The van der Waals surface area contributed by atoms with Crippen LogP contribution in [0.5, 0.6) is 0 Å². The quantitative estimate of drug-likeness (QED) is 0.578. The van der Waals surface area contributed by atoms with Crippen LogP contribution in [0.2, 0.25) is 0 Å². The van der Waals surface area contributed by atoms with E-state index in [1.807, 2.05) is 6.92 Å². The monoisotopic (exact) mass is 277 g/mol. The molecule has 0 saturated carbocycles. The normalized spacial score (nSPS) is 12.5. The van der Waals surface area contributed by atoms with Gasteiger partial charge in [0.1, 0.15) is 5.82 Å². The second-order valence-corrected chi connectivity index (χ2v) is 5.73. The molecule has 2 aromatic heterocycles. The second kappa shape index (κ2) is 5.99. The van der Waals surface area contributed by atoms with Crippen LogP contribution >= 0.6 is 11.3 Å². The summed E-state index contributed by atoms with van der Waals surface area (Å²) in [5, 5.41) is 5.58. The minimum absolute atomic E-state index is 0.235. The molecule has 1 unspecified atom stereocenters. The third-order valence-electron chi connectivity index (χ3n) is 2.91. The smallest absolute Gasteiger partial charge is 0.239 e. The summed E-state index contributed by atoms with van der Waals surface area (Å²) in [4.78, 5) is 9.76. The minimum atomic E-state index is 0.235. The fourth-order valence-electron chi connectivity index (χ4n) is 1.84. The van der Waals surface area contributed by atoms with Gasteiger partial charge in [-0.3, -0.25) is 5.43 Å². The fourth-order valence-corrected chi connectivity index (χ4v) is 2.79. The van der Waals surface area contributed by atoms with Crippen molar-refractivity contribution in [3.63, 3.8) is 0 Å². The number of nitrogens with two attached hydrogens (primary N) is 1. The number of nitrogens with zero attached hydrogens (tertiary/aromatic N) is 2. The van der Waals surface area contributed by atoms with Crippen molar-refractivity contribution in [3.05, 3.63) is 34.2 Å². The molecule has 1 atom stereocenters. The van der Waals surface area contributed by atoms with Crippen molar-refractivity contribution in [2.45, 2.75) is 26.8 Å². The van der Waals surface area contributed by atoms with E-state index in [9.17, 15) is 0 Å². The van der Waals surface area contributed by atoms with Crippen molar-refractivity contribution >= 4 is 23.1 Å². The number of aryl methyl sites for hydroxylation is 1. The lowest BCUT2D eigenvalue weighted by atomic mass is 10.0. The predicted octanol–water partition coefficient (Wildman–Crippen LogP) is 2.94. The molecule has 0 radical (unpaired) electrons. The van der Waals surface area contributed by atoms with E-state index in [0.29, 0.717) is 11.9 Å². The first-order chi connectivity index (χ1) is 9.11. The topological polar surface area (TPSA) is 75.9 Å². The number of hydrazine groups is 1. The number of aromatic nitrogens is 2. The molecular weight excluding hydrogens is 258 g/mol. The predicted molar refractivity (Wildman–Crippen MR) is 80.1 cm³/mol. The van der Waals surface area contributed by atoms with Crippen LogP contribution in [0, 0.1) is 12.8 Å². The number of hydrogen-bond donors (Lipinski definition) is 3. The molecule has 0 spiro atoms. The maximum atomic E-state index is 5.35. The highest BCUT2D eigenvalue weighted by Gasteiger charge is 2.18. The van der Waals surface area contributed by atoms with Crippen molar-refractivity contribution in [1.29, 1.82) is 0 Å². The Kier molecular flexibility index (Phi) is 4.34. The lowest BCUT2D eigenvalue weighted by molar-refractivity contribution is 0.551. The third-order valence-corrected chi connectivity index (χ3v) is 3.86. The number of rotatable bonds is 5. The first kappa shape index (κ1) is 13.8. The van der Waals surface area contributed by atoms with Crippen LogP contribution in [-0.2, 0) is 0 Å². The molecular formula is C13H19N5S. The Balaban J connectivity index is 2.27. The van der Waals surface area contributed by atoms with E-state index in [-0.39, 0.29) is 6.04 Å². The summed E-state index contributed by atoms with van der Waals surface area (Å²) in [6.45, 7) is 6.36. The molecule has 2 heterocycles. The summed E-state index contributed by atoms with van der Waals surface area (Å²) < 4.78 is 0. The lowest BCUT2D eigenvalue weighted by Gasteiger charge is -2.23. The Morgan fingerprint density at radius 3 is 2.74 bits per heavy atom. The molecule has 0 fully saturated rings. The first-order valence-corrected chi connectivity index (χ1v) is 7.10. The zero-order chi connectivity index (χ0) is 13.8. The average molecular weight is 277 g/mol. The summed E-state index contributed by atoms with van der Waals surface area (Å²) >= 11 is 1.75. The van der Waals surface area contributed by atoms with Crippen molar-refractivity contribution in [2.24, 2.45) is 11.8 Å². The molecule has 2 aromatic rings. The Bertz CT molecular complexity index is 524. The van der Waals surface area contributed by atoms with Crippen LogP contribution in [-0.4, -0.2) is 9.97 Å². The summed E-state index contributed by atoms with van der Waals surface area (Å²) in [7, 11) is 0. The molecule has 0 saturated heterocycles. The van der Waals surface area contributed by atoms with E-state index in [1.54, 1.807) is 17.5 Å². The molecule has 0 aliphatic rings. The van der Waals surface area contributed by atoms with Crippen LogP contribution in [0.1, 0.15) is 30.3 Å². The maximum Gasteiger partial charge on any atom is 0.239 e. The molecule has 5 nitrogen and oxygen atoms in total. The van der Waals surface area contributed by atoms with Crippen molar-refractivity contribution < 1.29 is 0 Å². The number of anilines is 2. The fraction of sp³-hybridized carbons (Fsp3) is 0.385. The van der Waals surface area contributed by atoms with Gasteiger partial charge in [0.05, 0.1) is 6.04 Å². The van der Waals surface area contributed by atoms with Gasteiger partial charge in [-0.25, -0.2) is 10.8 Å². The largest absolute Gasteiger partial charge is 0.362 e. The highest BCUT2D eigenvalue weighted by molar-refractivity contribution is 7.10. The molecule has 0 aromatic carbocycles. The number of hydrogen-bond acceptors (Lipinski definition) is 6. The van der Waals surface area contributed by atoms with Gasteiger partial charge in [0.2, 0.25) is 5.95 Å². The van der Waals surface area contributed by atoms with E-state index in [4.69, 9.17) is 5.84 Å². The molecule has 0 aliphatic heterocycles. The minimum Gasteiger partial charge on any atom is -0.362 e. The number of nitrogens with one attached hydrogen (secondary N) is 2. The van der Waals surface area contributed by atoms with E-state index < -0.39 is 0 Å². The highest BCUT2D eigenvalue weighted by Crippen LogP contribution is 2.30. The standard InChI is InChI=1S/C13H19N5S/c1-8(2)11(10-5-4-6-19-10)16-12-9(3)7-15-13(17-12)18-14/h4-8,11H,14H2,1-3H3,(H2,15,16,17,18). The molecule has 0 amide bonds. The van der Waals surface area contributed by atoms with Crippen molar-refractivity contribution in [3.8, 4) is 0 Å². The van der Waals surface area contributed by atoms with Crippen LogP contribution in [0.4, 0.5) is 11.8 Å². The Morgan fingerprint density at radius 1 is 1.37 bits per heavy atom. The molecule has 6 heteroatoms. The van der Waals surface area contributed by atoms with Crippen LogP contribution in [0.25, 0.3) is 0 Å². The average Bonchev–Trinajstić information content (AvgIpc) is 2.91. The molecule has 2 rings (SSSR count). The lowest BCUT2D eigenvalue weighted by Crippen LogP contribution is -2.18. The SMILES string of the molecule is Cc1cnc(NN)nc1NC(c1cccs1)C(C)C. The van der Waals surface area contributed by atoms with Crippen molar-refractivity contribution in [1.82, 2.24) is 9.97 Å². The van der Waals surface area contributed by atoms with Gasteiger partial charge in [-0.1, -0.05) is 19.9 Å². The molecule has 0 bridgehead atoms. The highest BCUT2D eigenvalue weighted by atomic mass is 32.1.